The molecule has 2 heterocycles. The highest BCUT2D eigenvalue weighted by Crippen LogP contribution is 2.15. The first kappa shape index (κ1) is 11.4. The zero-order chi connectivity index (χ0) is 11.4. The molecule has 0 aliphatic carbocycles. The summed E-state index contributed by atoms with van der Waals surface area (Å²) in [5.74, 6) is 2.12. The molecule has 1 aliphatic rings. The van der Waals surface area contributed by atoms with E-state index in [9.17, 15) is 0 Å². The lowest BCUT2D eigenvalue weighted by atomic mass is 10.3. The molecule has 5 nitrogen and oxygen atoms in total. The second-order valence-corrected chi connectivity index (χ2v) is 4.86. The Labute approximate surface area is 99.7 Å². The van der Waals surface area contributed by atoms with Crippen LogP contribution in [0.5, 0.6) is 0 Å². The van der Waals surface area contributed by atoms with Crippen molar-refractivity contribution in [2.24, 2.45) is 12.0 Å². The lowest BCUT2D eigenvalue weighted by Gasteiger charge is -2.04. The van der Waals surface area contributed by atoms with E-state index < -0.39 is 0 Å². The average Bonchev–Trinajstić information content (AvgIpc) is 2.89. The monoisotopic (exact) mass is 239 g/mol. The molecular weight excluding hydrogens is 222 g/mol. The van der Waals surface area contributed by atoms with Gasteiger partial charge >= 0.3 is 0 Å². The quantitative estimate of drug-likeness (QED) is 0.845. The van der Waals surface area contributed by atoms with Crippen LogP contribution in [0.4, 0.5) is 0 Å². The van der Waals surface area contributed by atoms with E-state index in [0.717, 1.165) is 36.1 Å². The average molecular weight is 239 g/mol. The van der Waals surface area contributed by atoms with E-state index >= 15 is 0 Å². The van der Waals surface area contributed by atoms with Crippen LogP contribution in [0.2, 0.25) is 0 Å². The summed E-state index contributed by atoms with van der Waals surface area (Å²) in [6, 6.07) is 0.596. The van der Waals surface area contributed by atoms with E-state index in [0.29, 0.717) is 6.04 Å². The molecule has 0 aromatic carbocycles. The van der Waals surface area contributed by atoms with E-state index in [-0.39, 0.29) is 0 Å². The van der Waals surface area contributed by atoms with Crippen molar-refractivity contribution < 1.29 is 0 Å². The van der Waals surface area contributed by atoms with Crippen LogP contribution in [-0.4, -0.2) is 38.3 Å². The molecule has 0 bridgehead atoms. The maximum absolute atomic E-state index is 4.52. The molecule has 0 spiro atoms. The normalized spacial score (nSPS) is 22.6. The van der Waals surface area contributed by atoms with Gasteiger partial charge in [0.2, 0.25) is 0 Å². The summed E-state index contributed by atoms with van der Waals surface area (Å²) < 4.78 is 1.93. The minimum atomic E-state index is 0.596. The number of aryl methyl sites for hydroxylation is 1. The van der Waals surface area contributed by atoms with Crippen molar-refractivity contribution in [2.75, 3.05) is 12.3 Å². The van der Waals surface area contributed by atoms with Crippen molar-refractivity contribution in [3.05, 3.63) is 12.2 Å². The lowest BCUT2D eigenvalue weighted by Crippen LogP contribution is -2.26. The van der Waals surface area contributed by atoms with Crippen LogP contribution in [0.25, 0.3) is 0 Å². The van der Waals surface area contributed by atoms with Crippen LogP contribution >= 0.6 is 11.8 Å². The van der Waals surface area contributed by atoms with E-state index in [1.54, 1.807) is 6.33 Å². The summed E-state index contributed by atoms with van der Waals surface area (Å²) in [6.45, 7) is 2.97. The molecule has 16 heavy (non-hydrogen) atoms. The van der Waals surface area contributed by atoms with Crippen molar-refractivity contribution >= 4 is 16.9 Å². The lowest BCUT2D eigenvalue weighted by molar-refractivity contribution is 0.666. The third-order valence-electron chi connectivity index (χ3n) is 2.64. The van der Waals surface area contributed by atoms with Crippen LogP contribution in [0.1, 0.15) is 19.2 Å². The van der Waals surface area contributed by atoms with Gasteiger partial charge in [0, 0.05) is 31.8 Å². The van der Waals surface area contributed by atoms with E-state index in [1.165, 1.54) is 0 Å². The zero-order valence-corrected chi connectivity index (χ0v) is 10.5. The number of hydrogen-bond donors (Lipinski definition) is 1. The Morgan fingerprint density at radius 3 is 3.19 bits per heavy atom. The minimum Gasteiger partial charge on any atom is -0.361 e. The summed E-state index contributed by atoms with van der Waals surface area (Å²) in [5.41, 5.74) is 0. The predicted octanol–water partition coefficient (Wildman–Crippen LogP) is 0.829. The Balaban J connectivity index is 1.80. The maximum Gasteiger partial charge on any atom is 0.156 e. The topological polar surface area (TPSA) is 55.1 Å². The molecule has 0 radical (unpaired) electrons. The number of aliphatic imine (C=N–C) groups is 1. The molecule has 2 rings (SSSR count). The molecular formula is C10H17N5S. The highest BCUT2D eigenvalue weighted by atomic mass is 32.2. The molecule has 1 aromatic rings. The summed E-state index contributed by atoms with van der Waals surface area (Å²) in [6.07, 6.45) is 3.73. The number of amidine groups is 1. The summed E-state index contributed by atoms with van der Waals surface area (Å²) in [4.78, 5) is 4.52. The number of hydrogen-bond acceptors (Lipinski definition) is 4. The Bertz CT molecular complexity index is 373. The van der Waals surface area contributed by atoms with Gasteiger partial charge in [-0.15, -0.1) is 10.2 Å². The number of nitrogens with one attached hydrogen (secondary N) is 1. The van der Waals surface area contributed by atoms with Crippen LogP contribution in [-0.2, 0) is 13.5 Å². The molecule has 1 N–H and O–H groups in total. The van der Waals surface area contributed by atoms with Crippen molar-refractivity contribution in [1.82, 2.24) is 20.1 Å². The van der Waals surface area contributed by atoms with Crippen LogP contribution in [0.3, 0.4) is 0 Å². The summed E-state index contributed by atoms with van der Waals surface area (Å²) >= 11 is 1.81. The molecule has 88 valence electrons. The van der Waals surface area contributed by atoms with Gasteiger partial charge in [0.1, 0.15) is 12.2 Å². The fourth-order valence-corrected chi connectivity index (χ4v) is 2.65. The highest BCUT2D eigenvalue weighted by Gasteiger charge is 2.17. The Kier molecular flexibility index (Phi) is 3.82. The number of rotatable bonds is 4. The molecule has 0 amide bonds. The largest absolute Gasteiger partial charge is 0.361 e. The molecule has 1 fully saturated rings. The van der Waals surface area contributed by atoms with Crippen LogP contribution in [0.15, 0.2) is 11.3 Å². The first-order valence-electron chi connectivity index (χ1n) is 5.56. The van der Waals surface area contributed by atoms with Gasteiger partial charge in [-0.25, -0.2) is 0 Å². The Hall–Kier alpha value is -1.04. The molecule has 1 aromatic heterocycles. The SMILES string of the molecule is CCC1CSC(=NCCc2nncn2C)N1. The van der Waals surface area contributed by atoms with Gasteiger partial charge in [0.15, 0.2) is 5.17 Å². The third kappa shape index (κ3) is 2.75. The fraction of sp³-hybridized carbons (Fsp3) is 0.700. The molecule has 1 saturated heterocycles. The van der Waals surface area contributed by atoms with Gasteiger partial charge in [0.25, 0.3) is 0 Å². The Morgan fingerprint density at radius 1 is 1.69 bits per heavy atom. The molecule has 6 heteroatoms. The first-order valence-corrected chi connectivity index (χ1v) is 6.54. The predicted molar refractivity (Wildman–Crippen MR) is 66.7 cm³/mol. The summed E-state index contributed by atoms with van der Waals surface area (Å²) in [5, 5.41) is 12.4. The van der Waals surface area contributed by atoms with Gasteiger partial charge in [-0.3, -0.25) is 4.99 Å². The van der Waals surface area contributed by atoms with Crippen molar-refractivity contribution in [3.8, 4) is 0 Å². The fourth-order valence-electron chi connectivity index (χ4n) is 1.54. The maximum atomic E-state index is 4.52. The second kappa shape index (κ2) is 5.34. The second-order valence-electron chi connectivity index (χ2n) is 3.86. The van der Waals surface area contributed by atoms with E-state index in [4.69, 9.17) is 0 Å². The smallest absolute Gasteiger partial charge is 0.156 e. The van der Waals surface area contributed by atoms with Gasteiger partial charge in [-0.05, 0) is 6.42 Å². The molecule has 1 atom stereocenters. The standard InChI is InChI=1S/C10H17N5S/c1-3-8-6-16-10(13-8)11-5-4-9-14-12-7-15(9)2/h7-8H,3-6H2,1-2H3,(H,11,13). The van der Waals surface area contributed by atoms with Crippen LogP contribution < -0.4 is 5.32 Å². The Morgan fingerprint density at radius 2 is 2.56 bits per heavy atom. The molecule has 1 unspecified atom stereocenters. The molecule has 1 aliphatic heterocycles. The van der Waals surface area contributed by atoms with Gasteiger partial charge in [-0.2, -0.15) is 0 Å². The van der Waals surface area contributed by atoms with Crippen molar-refractivity contribution in [2.45, 2.75) is 25.8 Å². The summed E-state index contributed by atoms with van der Waals surface area (Å²) in [7, 11) is 1.96. The number of aromatic nitrogens is 3. The van der Waals surface area contributed by atoms with Crippen LogP contribution in [0, 0.1) is 0 Å². The zero-order valence-electron chi connectivity index (χ0n) is 9.68. The van der Waals surface area contributed by atoms with Gasteiger partial charge in [0.05, 0.1) is 0 Å². The van der Waals surface area contributed by atoms with E-state index in [2.05, 4.69) is 27.4 Å². The van der Waals surface area contributed by atoms with Gasteiger partial charge < -0.3 is 9.88 Å². The van der Waals surface area contributed by atoms with Crippen molar-refractivity contribution in [1.29, 1.82) is 0 Å². The molecule has 0 saturated carbocycles. The number of nitrogens with zero attached hydrogens (tertiary/aromatic N) is 4. The first-order chi connectivity index (χ1) is 7.79. The minimum absolute atomic E-state index is 0.596. The highest BCUT2D eigenvalue weighted by molar-refractivity contribution is 8.14. The third-order valence-corrected chi connectivity index (χ3v) is 3.73. The van der Waals surface area contributed by atoms with E-state index in [1.807, 2.05) is 23.4 Å². The number of thioether (sulfide) groups is 1. The van der Waals surface area contributed by atoms with Gasteiger partial charge in [-0.1, -0.05) is 18.7 Å². The van der Waals surface area contributed by atoms with Crippen molar-refractivity contribution in [3.63, 3.8) is 0 Å².